The molecule has 1 aromatic rings. The summed E-state index contributed by atoms with van der Waals surface area (Å²) in [5, 5.41) is 2.80. The SMILES string of the molecule is CCOc1ccc(CCNC(=O)CN2C(=O)[C@H]3CC=CC[C@H]3C2=O)cc1OCC. The molecule has 1 heterocycles. The molecule has 2 atom stereocenters. The Hall–Kier alpha value is -2.83. The lowest BCUT2D eigenvalue weighted by Gasteiger charge is -2.15. The highest BCUT2D eigenvalue weighted by Gasteiger charge is 2.47. The average molecular weight is 400 g/mol. The Kier molecular flexibility index (Phi) is 6.90. The fourth-order valence-corrected chi connectivity index (χ4v) is 3.82. The molecule has 7 nitrogen and oxygen atoms in total. The van der Waals surface area contributed by atoms with E-state index >= 15 is 0 Å². The van der Waals surface area contributed by atoms with Crippen molar-refractivity contribution in [1.29, 1.82) is 0 Å². The van der Waals surface area contributed by atoms with Crippen LogP contribution in [0, 0.1) is 11.8 Å². The first-order valence-electron chi connectivity index (χ1n) is 10.2. The molecule has 29 heavy (non-hydrogen) atoms. The lowest BCUT2D eigenvalue weighted by atomic mass is 9.85. The summed E-state index contributed by atoms with van der Waals surface area (Å²) in [5.74, 6) is -0.0110. The summed E-state index contributed by atoms with van der Waals surface area (Å²) in [7, 11) is 0. The molecule has 0 bridgehead atoms. The molecule has 7 heteroatoms. The predicted molar refractivity (Wildman–Crippen MR) is 108 cm³/mol. The summed E-state index contributed by atoms with van der Waals surface area (Å²) in [5.41, 5.74) is 1.00. The number of hydrogen-bond donors (Lipinski definition) is 1. The van der Waals surface area contributed by atoms with Crippen molar-refractivity contribution in [1.82, 2.24) is 10.2 Å². The zero-order valence-corrected chi connectivity index (χ0v) is 17.0. The number of carbonyl (C=O) groups is 3. The molecule has 1 aliphatic carbocycles. The highest BCUT2D eigenvalue weighted by atomic mass is 16.5. The second-order valence-corrected chi connectivity index (χ2v) is 7.17. The van der Waals surface area contributed by atoms with Crippen LogP contribution < -0.4 is 14.8 Å². The van der Waals surface area contributed by atoms with Crippen LogP contribution in [0.1, 0.15) is 32.3 Å². The highest BCUT2D eigenvalue weighted by Crippen LogP contribution is 2.34. The van der Waals surface area contributed by atoms with E-state index in [1.54, 1.807) is 0 Å². The fraction of sp³-hybridized carbons (Fsp3) is 0.500. The lowest BCUT2D eigenvalue weighted by Crippen LogP contribution is -2.41. The van der Waals surface area contributed by atoms with Gasteiger partial charge in [-0.3, -0.25) is 19.3 Å². The van der Waals surface area contributed by atoms with Crippen molar-refractivity contribution < 1.29 is 23.9 Å². The molecular formula is C22H28N2O5. The molecule has 1 aliphatic heterocycles. The van der Waals surface area contributed by atoms with Gasteiger partial charge >= 0.3 is 0 Å². The van der Waals surface area contributed by atoms with Crippen LogP contribution in [0.25, 0.3) is 0 Å². The molecule has 0 spiro atoms. The molecule has 0 saturated carbocycles. The van der Waals surface area contributed by atoms with Crippen molar-refractivity contribution in [3.63, 3.8) is 0 Å². The number of nitrogens with zero attached hydrogens (tertiary/aromatic N) is 1. The second kappa shape index (κ2) is 9.58. The second-order valence-electron chi connectivity index (χ2n) is 7.17. The molecule has 1 aromatic carbocycles. The van der Waals surface area contributed by atoms with Gasteiger partial charge in [0.2, 0.25) is 17.7 Å². The van der Waals surface area contributed by atoms with E-state index in [1.807, 2.05) is 44.2 Å². The van der Waals surface area contributed by atoms with E-state index in [2.05, 4.69) is 5.32 Å². The van der Waals surface area contributed by atoms with Crippen LogP contribution in [0.2, 0.25) is 0 Å². The number of allylic oxidation sites excluding steroid dienone is 2. The van der Waals surface area contributed by atoms with Gasteiger partial charge < -0.3 is 14.8 Å². The van der Waals surface area contributed by atoms with Crippen LogP contribution in [0.4, 0.5) is 0 Å². The minimum absolute atomic E-state index is 0.210. The zero-order valence-electron chi connectivity index (χ0n) is 17.0. The number of likely N-dealkylation sites (tertiary alicyclic amines) is 1. The molecule has 1 saturated heterocycles. The Bertz CT molecular complexity index is 778. The third-order valence-electron chi connectivity index (χ3n) is 5.24. The maximum atomic E-state index is 12.4. The van der Waals surface area contributed by atoms with E-state index in [4.69, 9.17) is 9.47 Å². The molecule has 0 aromatic heterocycles. The zero-order chi connectivity index (χ0) is 20.8. The minimum Gasteiger partial charge on any atom is -0.490 e. The Labute approximate surface area is 171 Å². The van der Waals surface area contributed by atoms with Crippen LogP contribution in [-0.4, -0.2) is 48.9 Å². The van der Waals surface area contributed by atoms with E-state index in [9.17, 15) is 14.4 Å². The third kappa shape index (κ3) is 4.78. The van der Waals surface area contributed by atoms with Gasteiger partial charge in [0.05, 0.1) is 25.0 Å². The van der Waals surface area contributed by atoms with Gasteiger partial charge in [-0.05, 0) is 50.8 Å². The number of amides is 3. The minimum atomic E-state index is -0.325. The van der Waals surface area contributed by atoms with Crippen molar-refractivity contribution in [2.45, 2.75) is 33.1 Å². The van der Waals surface area contributed by atoms with Crippen molar-refractivity contribution >= 4 is 17.7 Å². The van der Waals surface area contributed by atoms with Crippen LogP contribution in [0.3, 0.4) is 0 Å². The Morgan fingerprint density at radius 1 is 1.03 bits per heavy atom. The molecular weight excluding hydrogens is 372 g/mol. The first kappa shape index (κ1) is 20.9. The number of rotatable bonds is 9. The smallest absolute Gasteiger partial charge is 0.240 e. The van der Waals surface area contributed by atoms with Crippen molar-refractivity contribution in [2.24, 2.45) is 11.8 Å². The van der Waals surface area contributed by atoms with Crippen molar-refractivity contribution in [2.75, 3.05) is 26.3 Å². The molecule has 1 N–H and O–H groups in total. The van der Waals surface area contributed by atoms with E-state index in [1.165, 1.54) is 0 Å². The quantitative estimate of drug-likeness (QED) is 0.507. The number of imide groups is 1. The summed E-state index contributed by atoms with van der Waals surface area (Å²) in [6.07, 6.45) is 5.63. The van der Waals surface area contributed by atoms with Crippen LogP contribution in [0.15, 0.2) is 30.4 Å². The van der Waals surface area contributed by atoms with Gasteiger partial charge in [0.15, 0.2) is 11.5 Å². The third-order valence-corrected chi connectivity index (χ3v) is 5.24. The van der Waals surface area contributed by atoms with Gasteiger partial charge in [-0.15, -0.1) is 0 Å². The van der Waals surface area contributed by atoms with E-state index in [-0.39, 0.29) is 36.1 Å². The van der Waals surface area contributed by atoms with Gasteiger partial charge in [-0.1, -0.05) is 18.2 Å². The average Bonchev–Trinajstić information content (AvgIpc) is 2.95. The first-order chi connectivity index (χ1) is 14.0. The van der Waals surface area contributed by atoms with Crippen molar-refractivity contribution in [3.8, 4) is 11.5 Å². The van der Waals surface area contributed by atoms with Gasteiger partial charge in [0.1, 0.15) is 6.54 Å². The lowest BCUT2D eigenvalue weighted by molar-refractivity contribution is -0.143. The largest absolute Gasteiger partial charge is 0.490 e. The topological polar surface area (TPSA) is 84.9 Å². The number of benzene rings is 1. The maximum absolute atomic E-state index is 12.4. The molecule has 3 rings (SSSR count). The van der Waals surface area contributed by atoms with Gasteiger partial charge in [0.25, 0.3) is 0 Å². The molecule has 2 aliphatic rings. The molecule has 156 valence electrons. The predicted octanol–water partition coefficient (Wildman–Crippen LogP) is 2.09. The summed E-state index contributed by atoms with van der Waals surface area (Å²) in [6, 6.07) is 5.71. The monoisotopic (exact) mass is 400 g/mol. The van der Waals surface area contributed by atoms with Crippen LogP contribution in [0.5, 0.6) is 11.5 Å². The Morgan fingerprint density at radius 2 is 1.66 bits per heavy atom. The van der Waals surface area contributed by atoms with E-state index in [0.29, 0.717) is 50.5 Å². The van der Waals surface area contributed by atoms with Gasteiger partial charge in [-0.2, -0.15) is 0 Å². The summed E-state index contributed by atoms with van der Waals surface area (Å²) in [6.45, 7) is 5.12. The summed E-state index contributed by atoms with van der Waals surface area (Å²) < 4.78 is 11.2. The van der Waals surface area contributed by atoms with Crippen molar-refractivity contribution in [3.05, 3.63) is 35.9 Å². The van der Waals surface area contributed by atoms with Crippen LogP contribution >= 0.6 is 0 Å². The van der Waals surface area contributed by atoms with E-state index in [0.717, 1.165) is 10.5 Å². The van der Waals surface area contributed by atoms with Gasteiger partial charge in [0, 0.05) is 6.54 Å². The normalized spacial score (nSPS) is 20.6. The number of fused-ring (bicyclic) bond motifs is 1. The fourth-order valence-electron chi connectivity index (χ4n) is 3.82. The van der Waals surface area contributed by atoms with Gasteiger partial charge in [-0.25, -0.2) is 0 Å². The summed E-state index contributed by atoms with van der Waals surface area (Å²) in [4.78, 5) is 38.3. The molecule has 0 unspecified atom stereocenters. The molecule has 1 fully saturated rings. The number of carbonyl (C=O) groups excluding carboxylic acids is 3. The number of nitrogens with one attached hydrogen (secondary N) is 1. The molecule has 3 amide bonds. The Balaban J connectivity index is 1.51. The Morgan fingerprint density at radius 3 is 2.28 bits per heavy atom. The number of ether oxygens (including phenoxy) is 2. The van der Waals surface area contributed by atoms with E-state index < -0.39 is 0 Å². The molecule has 0 radical (unpaired) electrons. The summed E-state index contributed by atoms with van der Waals surface area (Å²) >= 11 is 0. The number of hydrogen-bond acceptors (Lipinski definition) is 5. The first-order valence-corrected chi connectivity index (χ1v) is 10.2. The maximum Gasteiger partial charge on any atom is 0.240 e. The standard InChI is InChI=1S/C22H28N2O5/c1-3-28-18-10-9-15(13-19(18)29-4-2)11-12-23-20(25)14-24-21(26)16-7-5-6-8-17(16)22(24)27/h5-6,9-10,13,16-17H,3-4,7-8,11-12,14H2,1-2H3,(H,23,25)/t16-,17+. The van der Waals surface area contributed by atoms with Crippen LogP contribution in [-0.2, 0) is 20.8 Å². The highest BCUT2D eigenvalue weighted by molar-refractivity contribution is 6.07.